The van der Waals surface area contributed by atoms with Crippen LogP contribution >= 0.6 is 0 Å². The number of aliphatic carboxylic acids is 1. The lowest BCUT2D eigenvalue weighted by Crippen LogP contribution is -2.29. The summed E-state index contributed by atoms with van der Waals surface area (Å²) in [5, 5.41) is 8.71. The zero-order valence-corrected chi connectivity index (χ0v) is 9.39. The van der Waals surface area contributed by atoms with Gasteiger partial charge in [0.1, 0.15) is 5.82 Å². The van der Waals surface area contributed by atoms with E-state index in [-0.39, 0.29) is 6.42 Å². The highest BCUT2D eigenvalue weighted by molar-refractivity contribution is 5.67. The molecule has 0 unspecified atom stereocenters. The van der Waals surface area contributed by atoms with Crippen LogP contribution in [-0.2, 0) is 4.79 Å². The van der Waals surface area contributed by atoms with E-state index in [0.717, 1.165) is 24.2 Å². The summed E-state index contributed by atoms with van der Waals surface area (Å²) in [5.41, 5.74) is 1.12. The van der Waals surface area contributed by atoms with Crippen molar-refractivity contribution in [1.82, 2.24) is 4.98 Å². The maximum atomic E-state index is 10.6. The molecular weight excluding hydrogens is 204 g/mol. The van der Waals surface area contributed by atoms with Crippen LogP contribution in [0, 0.1) is 6.92 Å². The summed E-state index contributed by atoms with van der Waals surface area (Å²) in [6, 6.07) is 4.48. The molecule has 16 heavy (non-hydrogen) atoms. The van der Waals surface area contributed by atoms with E-state index in [1.165, 1.54) is 0 Å². The number of carbonyl (C=O) groups is 1. The van der Waals surface area contributed by atoms with Gasteiger partial charge in [0.15, 0.2) is 0 Å². The molecule has 86 valence electrons. The van der Waals surface area contributed by atoms with Crippen LogP contribution in [0.1, 0.15) is 24.8 Å². The van der Waals surface area contributed by atoms with E-state index in [1.807, 2.05) is 25.3 Å². The van der Waals surface area contributed by atoms with Crippen molar-refractivity contribution in [2.45, 2.75) is 32.2 Å². The van der Waals surface area contributed by atoms with Crippen LogP contribution in [0.4, 0.5) is 5.82 Å². The molecule has 4 heteroatoms. The van der Waals surface area contributed by atoms with Gasteiger partial charge in [0.25, 0.3) is 0 Å². The lowest BCUT2D eigenvalue weighted by Gasteiger charge is -2.22. The SMILES string of the molecule is Cc1ccc(N(CCC(=O)O)C2CC2)nc1. The highest BCUT2D eigenvalue weighted by Crippen LogP contribution is 2.30. The molecule has 1 aliphatic rings. The summed E-state index contributed by atoms with van der Waals surface area (Å²) in [4.78, 5) is 17.0. The molecule has 0 spiro atoms. The second-order valence-corrected chi connectivity index (χ2v) is 4.26. The topological polar surface area (TPSA) is 53.4 Å². The van der Waals surface area contributed by atoms with E-state index in [0.29, 0.717) is 12.6 Å². The quantitative estimate of drug-likeness (QED) is 0.822. The zero-order valence-electron chi connectivity index (χ0n) is 9.39. The summed E-state index contributed by atoms with van der Waals surface area (Å²) in [7, 11) is 0. The minimum Gasteiger partial charge on any atom is -0.481 e. The zero-order chi connectivity index (χ0) is 11.5. The summed E-state index contributed by atoms with van der Waals surface area (Å²) < 4.78 is 0. The van der Waals surface area contributed by atoms with Crippen molar-refractivity contribution >= 4 is 11.8 Å². The number of hydrogen-bond acceptors (Lipinski definition) is 3. The van der Waals surface area contributed by atoms with Crippen molar-refractivity contribution in [1.29, 1.82) is 0 Å². The van der Waals surface area contributed by atoms with E-state index in [2.05, 4.69) is 9.88 Å². The van der Waals surface area contributed by atoms with E-state index < -0.39 is 5.97 Å². The Balaban J connectivity index is 2.06. The van der Waals surface area contributed by atoms with Gasteiger partial charge in [-0.25, -0.2) is 4.98 Å². The van der Waals surface area contributed by atoms with Gasteiger partial charge in [-0.2, -0.15) is 0 Å². The number of anilines is 1. The van der Waals surface area contributed by atoms with E-state index in [9.17, 15) is 4.79 Å². The Labute approximate surface area is 94.9 Å². The van der Waals surface area contributed by atoms with Gasteiger partial charge in [0, 0.05) is 18.8 Å². The van der Waals surface area contributed by atoms with E-state index >= 15 is 0 Å². The van der Waals surface area contributed by atoms with Gasteiger partial charge in [-0.1, -0.05) is 6.07 Å². The smallest absolute Gasteiger partial charge is 0.305 e. The van der Waals surface area contributed by atoms with Crippen molar-refractivity contribution in [3.05, 3.63) is 23.9 Å². The molecule has 0 atom stereocenters. The van der Waals surface area contributed by atoms with Gasteiger partial charge in [-0.05, 0) is 31.4 Å². The Morgan fingerprint density at radius 2 is 2.31 bits per heavy atom. The maximum absolute atomic E-state index is 10.6. The summed E-state index contributed by atoms with van der Waals surface area (Å²) in [6.07, 6.45) is 4.29. The van der Waals surface area contributed by atoms with Gasteiger partial charge >= 0.3 is 5.97 Å². The molecular formula is C12H16N2O2. The second-order valence-electron chi connectivity index (χ2n) is 4.26. The lowest BCUT2D eigenvalue weighted by molar-refractivity contribution is -0.136. The molecule has 4 nitrogen and oxygen atoms in total. The third-order valence-corrected chi connectivity index (χ3v) is 2.74. The number of rotatable bonds is 5. The van der Waals surface area contributed by atoms with Crippen LogP contribution in [0.25, 0.3) is 0 Å². The number of pyridine rings is 1. The fraction of sp³-hybridized carbons (Fsp3) is 0.500. The molecule has 1 aliphatic carbocycles. The second kappa shape index (κ2) is 4.51. The molecule has 1 heterocycles. The maximum Gasteiger partial charge on any atom is 0.305 e. The molecule has 2 rings (SSSR count). The molecule has 0 aromatic carbocycles. The lowest BCUT2D eigenvalue weighted by atomic mass is 10.3. The predicted molar refractivity (Wildman–Crippen MR) is 61.6 cm³/mol. The standard InChI is InChI=1S/C12H16N2O2/c1-9-2-5-11(13-8-9)14(10-3-4-10)7-6-12(15)16/h2,5,8,10H,3-4,6-7H2,1H3,(H,15,16). The molecule has 0 amide bonds. The number of hydrogen-bond donors (Lipinski definition) is 1. The van der Waals surface area contributed by atoms with Gasteiger partial charge in [-0.15, -0.1) is 0 Å². The van der Waals surface area contributed by atoms with Gasteiger partial charge in [0.05, 0.1) is 6.42 Å². The Hall–Kier alpha value is -1.58. The van der Waals surface area contributed by atoms with Crippen LogP contribution < -0.4 is 4.90 Å². The average Bonchev–Trinajstić information content (AvgIpc) is 3.04. The van der Waals surface area contributed by atoms with Gasteiger partial charge in [0.2, 0.25) is 0 Å². The summed E-state index contributed by atoms with van der Waals surface area (Å²) in [5.74, 6) is 0.145. The fourth-order valence-corrected chi connectivity index (χ4v) is 1.72. The Bertz CT molecular complexity index is 371. The predicted octanol–water partition coefficient (Wildman–Crippen LogP) is 1.83. The number of carboxylic acids is 1. The summed E-state index contributed by atoms with van der Waals surface area (Å²) >= 11 is 0. The van der Waals surface area contributed by atoms with Crippen molar-refractivity contribution in [3.63, 3.8) is 0 Å². The Morgan fingerprint density at radius 3 is 2.81 bits per heavy atom. The van der Waals surface area contributed by atoms with Gasteiger partial charge in [-0.3, -0.25) is 4.79 Å². The highest BCUT2D eigenvalue weighted by atomic mass is 16.4. The average molecular weight is 220 g/mol. The van der Waals surface area contributed by atoms with Gasteiger partial charge < -0.3 is 10.0 Å². The third-order valence-electron chi connectivity index (χ3n) is 2.74. The first-order chi connectivity index (χ1) is 7.66. The molecule has 0 saturated heterocycles. The van der Waals surface area contributed by atoms with Crippen LogP contribution in [-0.4, -0.2) is 28.6 Å². The molecule has 0 radical (unpaired) electrons. The normalized spacial score (nSPS) is 14.8. The molecule has 0 bridgehead atoms. The Kier molecular flexibility index (Phi) is 3.08. The van der Waals surface area contributed by atoms with Crippen molar-refractivity contribution in [2.24, 2.45) is 0 Å². The number of aryl methyl sites for hydroxylation is 1. The van der Waals surface area contributed by atoms with Crippen molar-refractivity contribution < 1.29 is 9.90 Å². The number of aromatic nitrogens is 1. The minimum atomic E-state index is -0.752. The third kappa shape index (κ3) is 2.72. The van der Waals surface area contributed by atoms with E-state index in [4.69, 9.17) is 5.11 Å². The molecule has 0 aliphatic heterocycles. The van der Waals surface area contributed by atoms with Crippen LogP contribution in [0.5, 0.6) is 0 Å². The molecule has 1 aromatic rings. The first-order valence-corrected chi connectivity index (χ1v) is 5.58. The molecule has 1 N–H and O–H groups in total. The van der Waals surface area contributed by atoms with Crippen LogP contribution in [0.3, 0.4) is 0 Å². The molecule has 1 saturated carbocycles. The monoisotopic (exact) mass is 220 g/mol. The minimum absolute atomic E-state index is 0.173. The first-order valence-electron chi connectivity index (χ1n) is 5.58. The molecule has 1 fully saturated rings. The largest absolute Gasteiger partial charge is 0.481 e. The molecule has 1 aromatic heterocycles. The van der Waals surface area contributed by atoms with Crippen molar-refractivity contribution in [2.75, 3.05) is 11.4 Å². The van der Waals surface area contributed by atoms with Crippen LogP contribution in [0.2, 0.25) is 0 Å². The van der Waals surface area contributed by atoms with Crippen molar-refractivity contribution in [3.8, 4) is 0 Å². The van der Waals surface area contributed by atoms with E-state index in [1.54, 1.807) is 0 Å². The highest BCUT2D eigenvalue weighted by Gasteiger charge is 2.29. The number of carboxylic acid groups (broad SMARTS) is 1. The Morgan fingerprint density at radius 1 is 1.56 bits per heavy atom. The fourth-order valence-electron chi connectivity index (χ4n) is 1.72. The van der Waals surface area contributed by atoms with Crippen LogP contribution in [0.15, 0.2) is 18.3 Å². The summed E-state index contributed by atoms with van der Waals surface area (Å²) in [6.45, 7) is 2.55. The first kappa shape index (κ1) is 10.9. The number of nitrogens with zero attached hydrogens (tertiary/aromatic N) is 2.